The van der Waals surface area contributed by atoms with Crippen LogP contribution in [-0.4, -0.2) is 36.1 Å². The first-order valence-corrected chi connectivity index (χ1v) is 11.3. The van der Waals surface area contributed by atoms with Gasteiger partial charge in [0.1, 0.15) is 5.01 Å². The van der Waals surface area contributed by atoms with Crippen molar-refractivity contribution in [2.45, 2.75) is 25.3 Å². The highest BCUT2D eigenvalue weighted by molar-refractivity contribution is 7.10. The maximum absolute atomic E-state index is 13.3. The number of nitrogens with one attached hydrogen (secondary N) is 1. The van der Waals surface area contributed by atoms with Gasteiger partial charge in [-0.3, -0.25) is 9.78 Å². The minimum absolute atomic E-state index is 0.369. The zero-order valence-electron chi connectivity index (χ0n) is 18.9. The Balaban J connectivity index is 1.93. The van der Waals surface area contributed by atoms with Crippen LogP contribution in [0.25, 0.3) is 11.3 Å². The van der Waals surface area contributed by atoms with Gasteiger partial charge in [-0.25, -0.2) is 9.78 Å². The van der Waals surface area contributed by atoms with Crippen molar-refractivity contribution in [2.24, 2.45) is 5.92 Å². The second-order valence-corrected chi connectivity index (χ2v) is 8.90. The molecule has 3 heterocycles. The lowest BCUT2D eigenvalue weighted by atomic mass is 9.67. The van der Waals surface area contributed by atoms with E-state index in [1.807, 2.05) is 61.7 Å². The largest absolute Gasteiger partial charge is 0.469 e. The summed E-state index contributed by atoms with van der Waals surface area (Å²) in [5.41, 5.74) is 2.65. The van der Waals surface area contributed by atoms with Crippen LogP contribution < -0.4 is 5.32 Å². The lowest BCUT2D eigenvalue weighted by Crippen LogP contribution is -2.55. The van der Waals surface area contributed by atoms with E-state index in [4.69, 9.17) is 14.5 Å². The van der Waals surface area contributed by atoms with Gasteiger partial charge in [-0.2, -0.15) is 0 Å². The molecule has 8 heteroatoms. The van der Waals surface area contributed by atoms with Gasteiger partial charge in [0.15, 0.2) is 0 Å². The van der Waals surface area contributed by atoms with E-state index in [1.165, 1.54) is 25.6 Å². The first kappa shape index (κ1) is 22.7. The molecule has 2 aromatic heterocycles. The summed E-state index contributed by atoms with van der Waals surface area (Å²) < 4.78 is 10.4. The van der Waals surface area contributed by atoms with Crippen molar-refractivity contribution in [3.05, 3.63) is 82.1 Å². The molecule has 1 aromatic carbocycles. The number of methoxy groups -OCH3 is 2. The molecular weight excluding hydrogens is 438 g/mol. The van der Waals surface area contributed by atoms with E-state index in [0.717, 1.165) is 16.8 Å². The van der Waals surface area contributed by atoms with Crippen LogP contribution in [0.1, 0.15) is 30.3 Å². The molecule has 0 saturated carbocycles. The molecule has 0 bridgehead atoms. The second-order valence-electron chi connectivity index (χ2n) is 8.01. The minimum atomic E-state index is -0.846. The summed E-state index contributed by atoms with van der Waals surface area (Å²) in [5.74, 6) is -2.37. The highest BCUT2D eigenvalue weighted by Gasteiger charge is 2.53. The molecule has 3 aromatic rings. The van der Waals surface area contributed by atoms with Crippen LogP contribution in [0.15, 0.2) is 71.5 Å². The Hall–Kier alpha value is -3.52. The molecule has 0 fully saturated rings. The van der Waals surface area contributed by atoms with Crippen LogP contribution in [0.5, 0.6) is 0 Å². The maximum Gasteiger partial charge on any atom is 0.336 e. The van der Waals surface area contributed by atoms with E-state index >= 15 is 0 Å². The number of thiazole rings is 1. The Kier molecular flexibility index (Phi) is 6.29. The summed E-state index contributed by atoms with van der Waals surface area (Å²) in [7, 11) is 2.69. The lowest BCUT2D eigenvalue weighted by molar-refractivity contribution is -0.150. The average molecular weight is 464 g/mol. The quantitative estimate of drug-likeness (QED) is 0.571. The summed E-state index contributed by atoms with van der Waals surface area (Å²) in [6.45, 7) is 3.77. The first-order chi connectivity index (χ1) is 15.9. The van der Waals surface area contributed by atoms with Gasteiger partial charge in [0.25, 0.3) is 0 Å². The summed E-state index contributed by atoms with van der Waals surface area (Å²) >= 11 is 1.40. The van der Waals surface area contributed by atoms with E-state index in [9.17, 15) is 9.59 Å². The normalized spacial score (nSPS) is 22.4. The van der Waals surface area contributed by atoms with Gasteiger partial charge in [-0.05, 0) is 31.5 Å². The molecule has 0 spiro atoms. The molecule has 0 amide bonds. The number of nitrogens with zero attached hydrogens (tertiary/aromatic N) is 2. The average Bonchev–Trinajstić information content (AvgIpc) is 3.34. The van der Waals surface area contributed by atoms with E-state index in [1.54, 1.807) is 12.4 Å². The Bertz CT molecular complexity index is 1190. The van der Waals surface area contributed by atoms with Crippen molar-refractivity contribution in [3.63, 3.8) is 0 Å². The number of allylic oxidation sites excluding steroid dienone is 1. The zero-order chi connectivity index (χ0) is 23.6. The molecule has 7 nitrogen and oxygen atoms in total. The fourth-order valence-electron chi connectivity index (χ4n) is 4.54. The fourth-order valence-corrected chi connectivity index (χ4v) is 5.51. The topological polar surface area (TPSA) is 90.4 Å². The van der Waals surface area contributed by atoms with Crippen molar-refractivity contribution >= 4 is 23.3 Å². The van der Waals surface area contributed by atoms with E-state index in [2.05, 4.69) is 10.3 Å². The Morgan fingerprint density at radius 3 is 2.48 bits per heavy atom. The van der Waals surface area contributed by atoms with Gasteiger partial charge in [-0.15, -0.1) is 11.3 Å². The van der Waals surface area contributed by atoms with E-state index < -0.39 is 29.3 Å². The number of hydrogen-bond acceptors (Lipinski definition) is 8. The molecule has 4 rings (SSSR count). The van der Waals surface area contributed by atoms with Crippen LogP contribution in [-0.2, 0) is 24.6 Å². The van der Waals surface area contributed by atoms with E-state index in [-0.39, 0.29) is 0 Å². The number of pyridine rings is 1. The SMILES string of the molecule is COC(=O)C1=C(C)NC(C)(c2ccccc2)C(C(=O)OC)C1c1nc(-c2cccnc2)cs1. The van der Waals surface area contributed by atoms with Crippen LogP contribution in [0.3, 0.4) is 0 Å². The van der Waals surface area contributed by atoms with Crippen molar-refractivity contribution in [1.82, 2.24) is 15.3 Å². The van der Waals surface area contributed by atoms with Gasteiger partial charge >= 0.3 is 11.9 Å². The van der Waals surface area contributed by atoms with Crippen LogP contribution >= 0.6 is 11.3 Å². The number of aromatic nitrogens is 2. The molecule has 0 radical (unpaired) electrons. The van der Waals surface area contributed by atoms with Crippen molar-refractivity contribution < 1.29 is 19.1 Å². The second kappa shape index (κ2) is 9.15. The number of carbonyl (C=O) groups excluding carboxylic acids is 2. The molecule has 1 aliphatic rings. The van der Waals surface area contributed by atoms with Gasteiger partial charge in [-0.1, -0.05) is 30.3 Å². The number of benzene rings is 1. The predicted octanol–water partition coefficient (Wildman–Crippen LogP) is 4.04. The number of hydrogen-bond donors (Lipinski definition) is 1. The number of rotatable bonds is 5. The first-order valence-electron chi connectivity index (χ1n) is 10.5. The molecule has 3 unspecified atom stereocenters. The number of ether oxygens (including phenoxy) is 2. The smallest absolute Gasteiger partial charge is 0.336 e. The van der Waals surface area contributed by atoms with Gasteiger partial charge in [0.05, 0.1) is 42.9 Å². The monoisotopic (exact) mass is 463 g/mol. The fraction of sp³-hybridized carbons (Fsp3) is 0.280. The zero-order valence-corrected chi connectivity index (χ0v) is 19.7. The van der Waals surface area contributed by atoms with Crippen molar-refractivity contribution in [3.8, 4) is 11.3 Å². The molecule has 0 aliphatic carbocycles. The van der Waals surface area contributed by atoms with E-state index in [0.29, 0.717) is 16.3 Å². The summed E-state index contributed by atoms with van der Waals surface area (Å²) in [6.07, 6.45) is 3.43. The van der Waals surface area contributed by atoms with Crippen LogP contribution in [0.2, 0.25) is 0 Å². The molecule has 1 N–H and O–H groups in total. The van der Waals surface area contributed by atoms with Crippen LogP contribution in [0, 0.1) is 5.92 Å². The van der Waals surface area contributed by atoms with Gasteiger partial charge < -0.3 is 14.8 Å². The van der Waals surface area contributed by atoms with Crippen molar-refractivity contribution in [2.75, 3.05) is 14.2 Å². The minimum Gasteiger partial charge on any atom is -0.469 e. The Morgan fingerprint density at radius 1 is 1.09 bits per heavy atom. The Labute approximate surface area is 196 Å². The van der Waals surface area contributed by atoms with Crippen molar-refractivity contribution in [1.29, 1.82) is 0 Å². The third-order valence-corrected chi connectivity index (χ3v) is 7.02. The maximum atomic E-state index is 13.3. The molecule has 33 heavy (non-hydrogen) atoms. The van der Waals surface area contributed by atoms with Gasteiger partial charge in [0.2, 0.25) is 0 Å². The summed E-state index contributed by atoms with van der Waals surface area (Å²) in [6, 6.07) is 13.4. The standard InChI is InChI=1S/C25H25N3O4S/c1-15-19(23(29)31-3)20(22-27-18(14-33-22)16-9-8-12-26-13-16)21(24(30)32-4)25(2,28-15)17-10-6-5-7-11-17/h5-14,20-21,28H,1-4H3. The predicted molar refractivity (Wildman–Crippen MR) is 125 cm³/mol. The Morgan fingerprint density at radius 2 is 1.85 bits per heavy atom. The molecular formula is C25H25N3O4S. The van der Waals surface area contributed by atoms with Crippen LogP contribution in [0.4, 0.5) is 0 Å². The number of carbonyl (C=O) groups is 2. The molecule has 170 valence electrons. The lowest BCUT2D eigenvalue weighted by Gasteiger charge is -2.46. The highest BCUT2D eigenvalue weighted by Crippen LogP contribution is 2.49. The number of esters is 2. The third kappa shape index (κ3) is 4.02. The highest BCUT2D eigenvalue weighted by atomic mass is 32.1. The molecule has 0 saturated heterocycles. The molecule has 3 atom stereocenters. The third-order valence-electron chi connectivity index (χ3n) is 6.10. The summed E-state index contributed by atoms with van der Waals surface area (Å²) in [5, 5.41) is 5.96. The summed E-state index contributed by atoms with van der Waals surface area (Å²) in [4.78, 5) is 35.2. The van der Waals surface area contributed by atoms with Gasteiger partial charge in [0, 0.05) is 29.0 Å². The molecule has 1 aliphatic heterocycles.